The standard InChI is InChI=1S/C17H20F3N3O3/c18-17(19,20)14-6-5-13(23-16(25)26-10-22-23)7-15(14)21-8-11-1-3-12(9-24)4-2-11/h5-7,10-12,21,24H,1-4,8-9H2. The molecule has 1 fully saturated rings. The summed E-state index contributed by atoms with van der Waals surface area (Å²) in [6.45, 7) is 0.561. The van der Waals surface area contributed by atoms with E-state index in [-0.39, 0.29) is 23.9 Å². The van der Waals surface area contributed by atoms with Crippen molar-refractivity contribution >= 4 is 5.69 Å². The van der Waals surface area contributed by atoms with Crippen molar-refractivity contribution in [1.29, 1.82) is 0 Å². The van der Waals surface area contributed by atoms with Crippen LogP contribution in [-0.4, -0.2) is 28.0 Å². The molecule has 1 saturated carbocycles. The summed E-state index contributed by atoms with van der Waals surface area (Å²) in [6, 6.07) is 3.37. The molecule has 1 aromatic heterocycles. The van der Waals surface area contributed by atoms with Crippen molar-refractivity contribution < 1.29 is 22.7 Å². The van der Waals surface area contributed by atoms with Gasteiger partial charge in [0, 0.05) is 18.8 Å². The van der Waals surface area contributed by atoms with Gasteiger partial charge in [-0.15, -0.1) is 5.10 Å². The van der Waals surface area contributed by atoms with Gasteiger partial charge in [-0.3, -0.25) is 0 Å². The molecule has 0 atom stereocenters. The summed E-state index contributed by atoms with van der Waals surface area (Å²) < 4.78 is 45.3. The van der Waals surface area contributed by atoms with E-state index in [1.165, 1.54) is 12.1 Å². The highest BCUT2D eigenvalue weighted by Gasteiger charge is 2.34. The monoisotopic (exact) mass is 371 g/mol. The van der Waals surface area contributed by atoms with E-state index in [4.69, 9.17) is 0 Å². The highest BCUT2D eigenvalue weighted by atomic mass is 19.4. The summed E-state index contributed by atoms with van der Waals surface area (Å²) >= 11 is 0. The fraction of sp³-hybridized carbons (Fsp3) is 0.529. The van der Waals surface area contributed by atoms with Crippen LogP contribution in [0.4, 0.5) is 18.9 Å². The number of anilines is 1. The molecular weight excluding hydrogens is 351 g/mol. The number of benzene rings is 1. The van der Waals surface area contributed by atoms with Gasteiger partial charge in [0.1, 0.15) is 0 Å². The molecule has 6 nitrogen and oxygen atoms in total. The molecule has 142 valence electrons. The highest BCUT2D eigenvalue weighted by Crippen LogP contribution is 2.36. The Bertz CT molecular complexity index is 792. The molecule has 0 amide bonds. The second-order valence-electron chi connectivity index (χ2n) is 6.59. The Hall–Kier alpha value is -2.29. The molecule has 1 aliphatic carbocycles. The molecule has 3 rings (SSSR count). The van der Waals surface area contributed by atoms with E-state index in [1.54, 1.807) is 0 Å². The zero-order valence-electron chi connectivity index (χ0n) is 14.0. The van der Waals surface area contributed by atoms with Gasteiger partial charge in [-0.2, -0.15) is 17.9 Å². The van der Waals surface area contributed by atoms with Crippen LogP contribution < -0.4 is 11.1 Å². The maximum atomic E-state index is 13.3. The SMILES string of the molecule is O=c1ocnn1-c1ccc(C(F)(F)F)c(NCC2CCC(CO)CC2)c1. The summed E-state index contributed by atoms with van der Waals surface area (Å²) in [7, 11) is 0. The van der Waals surface area contributed by atoms with Crippen LogP contribution in [0.3, 0.4) is 0 Å². The van der Waals surface area contributed by atoms with Crippen LogP contribution in [0.1, 0.15) is 31.2 Å². The third-order valence-corrected chi connectivity index (χ3v) is 4.85. The smallest absolute Gasteiger partial charge is 0.396 e. The van der Waals surface area contributed by atoms with Crippen LogP contribution >= 0.6 is 0 Å². The van der Waals surface area contributed by atoms with Crippen LogP contribution in [0.15, 0.2) is 33.8 Å². The summed E-state index contributed by atoms with van der Waals surface area (Å²) in [5.41, 5.74) is -0.681. The predicted octanol–water partition coefficient (Wildman–Crippen LogP) is 3.05. The number of aliphatic hydroxyl groups excluding tert-OH is 1. The zero-order valence-corrected chi connectivity index (χ0v) is 14.0. The predicted molar refractivity (Wildman–Crippen MR) is 88.1 cm³/mol. The minimum Gasteiger partial charge on any atom is -0.396 e. The maximum Gasteiger partial charge on any atom is 0.441 e. The number of nitrogens with one attached hydrogen (secondary N) is 1. The summed E-state index contributed by atoms with van der Waals surface area (Å²) in [4.78, 5) is 11.5. The zero-order chi connectivity index (χ0) is 18.7. The second kappa shape index (κ2) is 7.53. The molecule has 26 heavy (non-hydrogen) atoms. The number of rotatable bonds is 5. The lowest BCUT2D eigenvalue weighted by molar-refractivity contribution is -0.136. The van der Waals surface area contributed by atoms with Crippen molar-refractivity contribution in [2.24, 2.45) is 11.8 Å². The van der Waals surface area contributed by atoms with E-state index >= 15 is 0 Å². The lowest BCUT2D eigenvalue weighted by atomic mass is 9.82. The Morgan fingerprint density at radius 3 is 2.50 bits per heavy atom. The quantitative estimate of drug-likeness (QED) is 0.844. The highest BCUT2D eigenvalue weighted by molar-refractivity contribution is 5.58. The molecule has 0 saturated heterocycles. The molecule has 0 radical (unpaired) electrons. The Labute approximate surface area is 147 Å². The Morgan fingerprint density at radius 1 is 1.23 bits per heavy atom. The molecule has 1 aromatic carbocycles. The first-order valence-electron chi connectivity index (χ1n) is 8.47. The van der Waals surface area contributed by atoms with Crippen LogP contribution in [0, 0.1) is 11.8 Å². The van der Waals surface area contributed by atoms with E-state index in [2.05, 4.69) is 14.8 Å². The van der Waals surface area contributed by atoms with Crippen molar-refractivity contribution in [2.75, 3.05) is 18.5 Å². The van der Waals surface area contributed by atoms with E-state index in [0.29, 0.717) is 12.5 Å². The van der Waals surface area contributed by atoms with Crippen LogP contribution in [0.2, 0.25) is 0 Å². The molecule has 0 spiro atoms. The van der Waals surface area contributed by atoms with Crippen molar-refractivity contribution in [3.8, 4) is 5.69 Å². The number of alkyl halides is 3. The summed E-state index contributed by atoms with van der Waals surface area (Å²) in [5.74, 6) is -0.227. The molecule has 9 heteroatoms. The van der Waals surface area contributed by atoms with Gasteiger partial charge in [0.2, 0.25) is 6.39 Å². The molecule has 1 aliphatic rings. The minimum absolute atomic E-state index is 0.0887. The van der Waals surface area contributed by atoms with Gasteiger partial charge in [0.25, 0.3) is 0 Å². The van der Waals surface area contributed by atoms with Crippen LogP contribution in [0.5, 0.6) is 0 Å². The lowest BCUT2D eigenvalue weighted by Gasteiger charge is -2.28. The fourth-order valence-corrected chi connectivity index (χ4v) is 3.31. The number of nitrogens with zero attached hydrogens (tertiary/aromatic N) is 2. The van der Waals surface area contributed by atoms with Gasteiger partial charge < -0.3 is 14.8 Å². The normalized spacial score (nSPS) is 20.9. The summed E-state index contributed by atoms with van der Waals surface area (Å²) in [5, 5.41) is 15.8. The first-order chi connectivity index (χ1) is 12.4. The number of aliphatic hydroxyl groups is 1. The van der Waals surface area contributed by atoms with Crippen molar-refractivity contribution in [1.82, 2.24) is 9.78 Å². The second-order valence-corrected chi connectivity index (χ2v) is 6.59. The fourth-order valence-electron chi connectivity index (χ4n) is 3.31. The van der Waals surface area contributed by atoms with E-state index < -0.39 is 17.5 Å². The average molecular weight is 371 g/mol. The van der Waals surface area contributed by atoms with Gasteiger partial charge in [0.15, 0.2) is 0 Å². The van der Waals surface area contributed by atoms with Crippen LogP contribution in [-0.2, 0) is 6.18 Å². The maximum absolute atomic E-state index is 13.3. The average Bonchev–Trinajstić information content (AvgIpc) is 3.05. The van der Waals surface area contributed by atoms with Crippen LogP contribution in [0.25, 0.3) is 5.69 Å². The number of hydrogen-bond donors (Lipinski definition) is 2. The van der Waals surface area contributed by atoms with Crippen molar-refractivity contribution in [3.63, 3.8) is 0 Å². The Kier molecular flexibility index (Phi) is 5.36. The van der Waals surface area contributed by atoms with E-state index in [1.807, 2.05) is 0 Å². The molecule has 0 unspecified atom stereocenters. The Balaban J connectivity index is 1.79. The topological polar surface area (TPSA) is 80.3 Å². The molecule has 2 aromatic rings. The Morgan fingerprint density at radius 2 is 1.92 bits per heavy atom. The molecule has 1 heterocycles. The van der Waals surface area contributed by atoms with Gasteiger partial charge >= 0.3 is 11.9 Å². The number of aromatic nitrogens is 2. The first kappa shape index (κ1) is 18.5. The van der Waals surface area contributed by atoms with Crippen molar-refractivity contribution in [3.05, 3.63) is 40.7 Å². The summed E-state index contributed by atoms with van der Waals surface area (Å²) in [6.07, 6.45) is -0.0897. The number of halogens is 3. The molecule has 2 N–H and O–H groups in total. The minimum atomic E-state index is -4.51. The first-order valence-corrected chi connectivity index (χ1v) is 8.47. The van der Waals surface area contributed by atoms with E-state index in [0.717, 1.165) is 42.8 Å². The molecule has 0 bridgehead atoms. The lowest BCUT2D eigenvalue weighted by Crippen LogP contribution is -2.24. The van der Waals surface area contributed by atoms with E-state index in [9.17, 15) is 23.1 Å². The largest absolute Gasteiger partial charge is 0.441 e. The van der Waals surface area contributed by atoms with Gasteiger partial charge in [-0.05, 0) is 55.7 Å². The molecule has 0 aliphatic heterocycles. The van der Waals surface area contributed by atoms with Gasteiger partial charge in [-0.1, -0.05) is 0 Å². The van der Waals surface area contributed by atoms with Gasteiger partial charge in [-0.25, -0.2) is 4.79 Å². The van der Waals surface area contributed by atoms with Crippen molar-refractivity contribution in [2.45, 2.75) is 31.9 Å². The molecular formula is C17H20F3N3O3. The third-order valence-electron chi connectivity index (χ3n) is 4.85. The van der Waals surface area contributed by atoms with Gasteiger partial charge in [0.05, 0.1) is 11.3 Å². The number of hydrogen-bond acceptors (Lipinski definition) is 5. The third kappa shape index (κ3) is 4.09.